The first-order valence-electron chi connectivity index (χ1n) is 19.3. The maximum atomic E-state index is 13.6. The molecule has 7 heterocycles. The first-order valence-corrected chi connectivity index (χ1v) is 19.3. The van der Waals surface area contributed by atoms with Crippen molar-refractivity contribution >= 4 is 52.3 Å². The third-order valence-electron chi connectivity index (χ3n) is 11.6. The Morgan fingerprint density at radius 3 is 2.64 bits per heavy atom. The number of ether oxygens (including phenoxy) is 1. The Labute approximate surface area is 324 Å². The van der Waals surface area contributed by atoms with Crippen LogP contribution in [0.25, 0.3) is 0 Å². The van der Waals surface area contributed by atoms with E-state index in [1.165, 1.54) is 0 Å². The standard InChI is InChI=1S/C41H44N10O5/c1-24-21-49(32-5-3-4-29-30(32)22-51(40(29)55)33-10-11-35(52)47-38(33)54)15-16-50(24)36(53)18-26-6-8-28(9-7-26)45-41-44-19-27-12-14-48(23-31(27)46-41)34-20-43-39-37(25(34)2)42-13-17-56-39/h3-9,19-20,24,33,42H,10-18,21-23H2,1-2H3,(H,44,45,46)(H,47,52,54)/t24-,33?/m1/s1. The molecule has 4 aromatic rings. The van der Waals surface area contributed by atoms with Gasteiger partial charge in [-0.1, -0.05) is 18.2 Å². The normalized spacial score (nSPS) is 20.4. The highest BCUT2D eigenvalue weighted by Crippen LogP contribution is 2.37. The molecule has 2 atom stereocenters. The van der Waals surface area contributed by atoms with Crippen LogP contribution in [0.4, 0.5) is 28.7 Å². The molecule has 4 amide bonds. The first-order chi connectivity index (χ1) is 27.2. The van der Waals surface area contributed by atoms with E-state index in [9.17, 15) is 19.2 Å². The van der Waals surface area contributed by atoms with Crippen molar-refractivity contribution in [3.05, 3.63) is 88.4 Å². The number of imide groups is 1. The van der Waals surface area contributed by atoms with Crippen molar-refractivity contribution in [1.29, 1.82) is 0 Å². The molecular formula is C41H44N10O5. The average Bonchev–Trinajstić information content (AvgIpc) is 3.54. The Kier molecular flexibility index (Phi) is 9.14. The summed E-state index contributed by atoms with van der Waals surface area (Å²) >= 11 is 0. The van der Waals surface area contributed by atoms with E-state index in [-0.39, 0.29) is 36.6 Å². The SMILES string of the molecule is Cc1c(N2CCc3cnc(Nc4ccc(CC(=O)N5CCN(c6cccc7c6CN(C6CCC(=O)NC6=O)C7=O)C[C@H]5C)cc4)nc3C2)cnc2c1NCCO2. The second-order valence-electron chi connectivity index (χ2n) is 15.1. The highest BCUT2D eigenvalue weighted by Gasteiger charge is 2.41. The van der Waals surface area contributed by atoms with E-state index in [0.717, 1.165) is 70.2 Å². The smallest absolute Gasteiger partial charge is 0.255 e. The lowest BCUT2D eigenvalue weighted by atomic mass is 10.0. The summed E-state index contributed by atoms with van der Waals surface area (Å²) < 4.78 is 5.72. The second-order valence-corrected chi connectivity index (χ2v) is 15.1. The molecule has 9 rings (SSSR count). The summed E-state index contributed by atoms with van der Waals surface area (Å²) in [4.78, 5) is 73.3. The maximum Gasteiger partial charge on any atom is 0.255 e. The van der Waals surface area contributed by atoms with Crippen molar-refractivity contribution in [2.75, 3.05) is 59.8 Å². The fourth-order valence-corrected chi connectivity index (χ4v) is 8.62. The molecule has 15 heteroatoms. The van der Waals surface area contributed by atoms with Crippen LogP contribution in [0.1, 0.15) is 58.1 Å². The first kappa shape index (κ1) is 35.5. The number of fused-ring (bicyclic) bond motifs is 3. The van der Waals surface area contributed by atoms with Gasteiger partial charge in [0.25, 0.3) is 5.91 Å². The highest BCUT2D eigenvalue weighted by atomic mass is 16.5. The molecule has 56 heavy (non-hydrogen) atoms. The molecule has 15 nitrogen and oxygen atoms in total. The number of benzene rings is 2. The zero-order chi connectivity index (χ0) is 38.5. The maximum absolute atomic E-state index is 13.6. The Balaban J connectivity index is 0.805. The minimum absolute atomic E-state index is 0.0495. The van der Waals surface area contributed by atoms with E-state index in [1.807, 2.05) is 53.7 Å². The summed E-state index contributed by atoms with van der Waals surface area (Å²) in [5.41, 5.74) is 9.44. The quantitative estimate of drug-likeness (QED) is 0.236. The van der Waals surface area contributed by atoms with E-state index in [2.05, 4.69) is 49.6 Å². The van der Waals surface area contributed by atoms with Crippen LogP contribution in [0.2, 0.25) is 0 Å². The van der Waals surface area contributed by atoms with Crippen LogP contribution < -0.4 is 30.5 Å². The molecule has 0 saturated carbocycles. The number of nitrogens with one attached hydrogen (secondary N) is 3. The Morgan fingerprint density at radius 2 is 1.82 bits per heavy atom. The molecule has 2 fully saturated rings. The van der Waals surface area contributed by atoms with Crippen LogP contribution in [-0.4, -0.2) is 99.8 Å². The largest absolute Gasteiger partial charge is 0.474 e. The lowest BCUT2D eigenvalue weighted by Gasteiger charge is -2.41. The van der Waals surface area contributed by atoms with Crippen molar-refractivity contribution in [2.24, 2.45) is 0 Å². The Hall–Kier alpha value is -6.25. The van der Waals surface area contributed by atoms with Gasteiger partial charge in [-0.05, 0) is 62.1 Å². The van der Waals surface area contributed by atoms with Crippen LogP contribution in [0.3, 0.4) is 0 Å². The van der Waals surface area contributed by atoms with Crippen LogP contribution in [0.15, 0.2) is 54.9 Å². The summed E-state index contributed by atoms with van der Waals surface area (Å²) in [6, 6.07) is 12.8. The summed E-state index contributed by atoms with van der Waals surface area (Å²) in [5.74, 6) is 0.322. The minimum atomic E-state index is -0.662. The number of rotatable bonds is 7. The van der Waals surface area contributed by atoms with Gasteiger partial charge in [-0.2, -0.15) is 0 Å². The van der Waals surface area contributed by atoms with Gasteiger partial charge < -0.3 is 35.0 Å². The summed E-state index contributed by atoms with van der Waals surface area (Å²) in [6.45, 7) is 9.13. The number of anilines is 5. The van der Waals surface area contributed by atoms with E-state index >= 15 is 0 Å². The molecule has 0 spiro atoms. The minimum Gasteiger partial charge on any atom is -0.474 e. The molecule has 0 aliphatic carbocycles. The van der Waals surface area contributed by atoms with Gasteiger partial charge in [-0.15, -0.1) is 0 Å². The fraction of sp³-hybridized carbons (Fsp3) is 0.390. The van der Waals surface area contributed by atoms with Gasteiger partial charge in [0.15, 0.2) is 0 Å². The average molecular weight is 757 g/mol. The van der Waals surface area contributed by atoms with E-state index < -0.39 is 11.9 Å². The third kappa shape index (κ3) is 6.60. The number of carbonyl (C=O) groups is 4. The van der Waals surface area contributed by atoms with E-state index in [1.54, 1.807) is 11.0 Å². The molecular weight excluding hydrogens is 713 g/mol. The predicted molar refractivity (Wildman–Crippen MR) is 209 cm³/mol. The van der Waals surface area contributed by atoms with Crippen LogP contribution >= 0.6 is 0 Å². The van der Waals surface area contributed by atoms with Gasteiger partial charge in [0.05, 0.1) is 30.5 Å². The molecule has 1 unspecified atom stereocenters. The molecule has 288 valence electrons. The molecule has 0 radical (unpaired) electrons. The zero-order valence-corrected chi connectivity index (χ0v) is 31.5. The number of aromatic nitrogens is 3. The van der Waals surface area contributed by atoms with Crippen molar-refractivity contribution in [3.63, 3.8) is 0 Å². The number of nitrogens with zero attached hydrogens (tertiary/aromatic N) is 7. The van der Waals surface area contributed by atoms with Crippen LogP contribution in [0, 0.1) is 6.92 Å². The molecule has 5 aliphatic heterocycles. The zero-order valence-electron chi connectivity index (χ0n) is 31.5. The molecule has 2 saturated heterocycles. The van der Waals surface area contributed by atoms with Crippen LogP contribution in [-0.2, 0) is 40.3 Å². The Morgan fingerprint density at radius 1 is 0.964 bits per heavy atom. The van der Waals surface area contributed by atoms with Crippen molar-refractivity contribution in [3.8, 4) is 5.88 Å². The summed E-state index contributed by atoms with van der Waals surface area (Å²) in [7, 11) is 0. The number of carbonyl (C=O) groups excluding carboxylic acids is 4. The van der Waals surface area contributed by atoms with Gasteiger partial charge in [-0.25, -0.2) is 15.0 Å². The number of piperazine rings is 1. The van der Waals surface area contributed by atoms with Crippen molar-refractivity contribution in [1.82, 2.24) is 30.1 Å². The summed E-state index contributed by atoms with van der Waals surface area (Å²) in [6.07, 6.45) is 5.46. The predicted octanol–water partition coefficient (Wildman–Crippen LogP) is 3.33. The third-order valence-corrected chi connectivity index (χ3v) is 11.6. The topological polar surface area (TPSA) is 165 Å². The number of hydrogen-bond acceptors (Lipinski definition) is 12. The van der Waals surface area contributed by atoms with Gasteiger partial charge >= 0.3 is 0 Å². The van der Waals surface area contributed by atoms with E-state index in [0.29, 0.717) is 63.1 Å². The second kappa shape index (κ2) is 14.4. The molecule has 2 aromatic heterocycles. The fourth-order valence-electron chi connectivity index (χ4n) is 8.62. The number of pyridine rings is 1. The van der Waals surface area contributed by atoms with E-state index in [4.69, 9.17) is 9.72 Å². The Bertz CT molecular complexity index is 2250. The van der Waals surface area contributed by atoms with Gasteiger partial charge in [-0.3, -0.25) is 24.5 Å². The van der Waals surface area contributed by atoms with Gasteiger partial charge in [0.1, 0.15) is 18.3 Å². The molecule has 0 bridgehead atoms. The highest BCUT2D eigenvalue weighted by molar-refractivity contribution is 6.06. The van der Waals surface area contributed by atoms with Crippen molar-refractivity contribution in [2.45, 2.75) is 64.7 Å². The molecule has 2 aromatic carbocycles. The lowest BCUT2D eigenvalue weighted by molar-refractivity contribution is -0.137. The van der Waals surface area contributed by atoms with Crippen molar-refractivity contribution < 1.29 is 23.9 Å². The van der Waals surface area contributed by atoms with Crippen LogP contribution in [0.5, 0.6) is 5.88 Å². The van der Waals surface area contributed by atoms with Gasteiger partial charge in [0, 0.05) is 86.0 Å². The summed E-state index contributed by atoms with van der Waals surface area (Å²) in [5, 5.41) is 9.14. The number of hydrogen-bond donors (Lipinski definition) is 3. The molecule has 3 N–H and O–H groups in total. The van der Waals surface area contributed by atoms with Gasteiger partial charge in [0.2, 0.25) is 29.5 Å². The number of piperidine rings is 1. The molecule has 5 aliphatic rings. The monoisotopic (exact) mass is 756 g/mol. The number of amides is 4. The lowest BCUT2D eigenvalue weighted by Crippen LogP contribution is -2.54.